The third kappa shape index (κ3) is 4.31. The number of amidine groups is 1. The van der Waals surface area contributed by atoms with Gasteiger partial charge in [0.05, 0.1) is 11.1 Å². The van der Waals surface area contributed by atoms with Crippen LogP contribution in [-0.2, 0) is 6.54 Å². The van der Waals surface area contributed by atoms with E-state index in [9.17, 15) is 9.59 Å². The summed E-state index contributed by atoms with van der Waals surface area (Å²) in [6.07, 6.45) is 4.13. The molecule has 0 spiro atoms. The van der Waals surface area contributed by atoms with Crippen LogP contribution in [0.2, 0.25) is 0 Å². The second-order valence-electron chi connectivity index (χ2n) is 9.34. The highest BCUT2D eigenvalue weighted by Crippen LogP contribution is 2.30. The number of carbonyl (C=O) groups excluding carboxylic acids is 2. The van der Waals surface area contributed by atoms with Crippen LogP contribution in [0.4, 0.5) is 0 Å². The highest BCUT2D eigenvalue weighted by atomic mass is 16.2. The molecule has 1 heterocycles. The molecule has 7 heteroatoms. The molecule has 0 bridgehead atoms. The topological polar surface area (TPSA) is 127 Å². The fraction of sp³-hybridized carbons (Fsp3) is 0.250. The van der Waals surface area contributed by atoms with Gasteiger partial charge in [-0.3, -0.25) is 15.0 Å². The predicted octanol–water partition coefficient (Wildman–Crippen LogP) is 3.94. The Morgan fingerprint density at radius 2 is 1.77 bits per heavy atom. The van der Waals surface area contributed by atoms with Crippen LogP contribution in [0.3, 0.4) is 0 Å². The Hall–Kier alpha value is -3.97. The Bertz CT molecular complexity index is 1440. The van der Waals surface area contributed by atoms with E-state index < -0.39 is 0 Å². The molecule has 3 aromatic carbocycles. The molecular weight excluding hydrogens is 438 g/mol. The van der Waals surface area contributed by atoms with Crippen molar-refractivity contribution in [3.8, 4) is 0 Å². The first kappa shape index (κ1) is 22.8. The van der Waals surface area contributed by atoms with Crippen molar-refractivity contribution in [1.82, 2.24) is 9.88 Å². The van der Waals surface area contributed by atoms with Crippen LogP contribution >= 0.6 is 0 Å². The summed E-state index contributed by atoms with van der Waals surface area (Å²) in [5.74, 6) is -0.338. The van der Waals surface area contributed by atoms with Crippen LogP contribution in [-0.4, -0.2) is 34.7 Å². The standard InChI is InChI=1S/C28H29N5O2/c29-20-9-11-21(12-10-20)32-28(35)26-24(16-34)23-13-8-18(27(30)31)14-25(23)33(26)15-19-6-3-5-17-4-1-2-7-22(17)19/h1-8,13-14,16,20-21H,9-12,15,29H2,(H3,30,31)(H,32,35)/t20-,21-. The van der Waals surface area contributed by atoms with E-state index in [1.807, 2.05) is 28.8 Å². The monoisotopic (exact) mass is 467 g/mol. The molecule has 1 aliphatic carbocycles. The maximum absolute atomic E-state index is 13.6. The normalized spacial score (nSPS) is 18.0. The first-order valence-electron chi connectivity index (χ1n) is 11.9. The van der Waals surface area contributed by atoms with Gasteiger partial charge in [-0.25, -0.2) is 0 Å². The highest BCUT2D eigenvalue weighted by Gasteiger charge is 2.27. The van der Waals surface area contributed by atoms with Gasteiger partial charge in [-0.1, -0.05) is 54.6 Å². The van der Waals surface area contributed by atoms with Crippen molar-refractivity contribution in [2.45, 2.75) is 44.3 Å². The van der Waals surface area contributed by atoms with Crippen molar-refractivity contribution in [1.29, 1.82) is 5.41 Å². The number of nitrogen functional groups attached to an aromatic ring is 1. The molecule has 5 rings (SSSR count). The van der Waals surface area contributed by atoms with Gasteiger partial charge in [-0.15, -0.1) is 0 Å². The van der Waals surface area contributed by atoms with Gasteiger partial charge in [0, 0.05) is 29.6 Å². The summed E-state index contributed by atoms with van der Waals surface area (Å²) in [6.45, 7) is 0.394. The molecule has 0 aliphatic heterocycles. The van der Waals surface area contributed by atoms with Crippen LogP contribution in [0.5, 0.6) is 0 Å². The van der Waals surface area contributed by atoms with Gasteiger partial charge < -0.3 is 21.4 Å². The molecule has 35 heavy (non-hydrogen) atoms. The van der Waals surface area contributed by atoms with Crippen molar-refractivity contribution < 1.29 is 9.59 Å². The summed E-state index contributed by atoms with van der Waals surface area (Å²) in [5, 5.41) is 13.9. The predicted molar refractivity (Wildman–Crippen MR) is 139 cm³/mol. The first-order chi connectivity index (χ1) is 17.0. The largest absolute Gasteiger partial charge is 0.384 e. The third-order valence-electron chi connectivity index (χ3n) is 7.06. The van der Waals surface area contributed by atoms with Gasteiger partial charge in [-0.2, -0.15) is 0 Å². The minimum atomic E-state index is -0.270. The Labute approximate surface area is 203 Å². The molecule has 1 fully saturated rings. The average Bonchev–Trinajstić information content (AvgIpc) is 3.18. The highest BCUT2D eigenvalue weighted by molar-refractivity contribution is 6.11. The van der Waals surface area contributed by atoms with E-state index in [2.05, 4.69) is 23.5 Å². The molecule has 4 aromatic rings. The number of nitrogens with two attached hydrogens (primary N) is 2. The van der Waals surface area contributed by atoms with Gasteiger partial charge in [0.1, 0.15) is 11.5 Å². The lowest BCUT2D eigenvalue weighted by molar-refractivity contribution is 0.0912. The number of aldehydes is 1. The summed E-state index contributed by atoms with van der Waals surface area (Å²) in [4.78, 5) is 25.9. The number of aromatic nitrogens is 1. The Balaban J connectivity index is 1.65. The van der Waals surface area contributed by atoms with E-state index in [1.165, 1.54) is 0 Å². The van der Waals surface area contributed by atoms with Gasteiger partial charge in [0.25, 0.3) is 5.91 Å². The number of rotatable bonds is 6. The van der Waals surface area contributed by atoms with E-state index >= 15 is 0 Å². The smallest absolute Gasteiger partial charge is 0.268 e. The molecule has 0 atom stereocenters. The Kier molecular flexibility index (Phi) is 6.09. The molecule has 1 amide bonds. The molecule has 7 nitrogen and oxygen atoms in total. The van der Waals surface area contributed by atoms with Crippen molar-refractivity contribution >= 4 is 39.7 Å². The fourth-order valence-corrected chi connectivity index (χ4v) is 5.19. The Morgan fingerprint density at radius 1 is 1.03 bits per heavy atom. The van der Waals surface area contributed by atoms with Gasteiger partial charge in [-0.05, 0) is 48.1 Å². The van der Waals surface area contributed by atoms with Gasteiger partial charge in [0.2, 0.25) is 0 Å². The minimum absolute atomic E-state index is 0.0265. The quantitative estimate of drug-likeness (QED) is 0.195. The molecule has 1 saturated carbocycles. The van der Waals surface area contributed by atoms with Crippen molar-refractivity contribution in [2.75, 3.05) is 0 Å². The van der Waals surface area contributed by atoms with E-state index in [1.54, 1.807) is 18.2 Å². The number of benzene rings is 3. The van der Waals surface area contributed by atoms with Crippen LogP contribution in [0, 0.1) is 5.41 Å². The summed E-state index contributed by atoms with van der Waals surface area (Å²) >= 11 is 0. The fourth-order valence-electron chi connectivity index (χ4n) is 5.19. The van der Waals surface area contributed by atoms with Crippen molar-refractivity contribution in [3.63, 3.8) is 0 Å². The number of hydrogen-bond donors (Lipinski definition) is 4. The lowest BCUT2D eigenvalue weighted by Gasteiger charge is -2.27. The van der Waals surface area contributed by atoms with Crippen LogP contribution in [0.15, 0.2) is 60.7 Å². The number of amides is 1. The lowest BCUT2D eigenvalue weighted by atomic mass is 9.91. The number of nitrogens with one attached hydrogen (secondary N) is 2. The van der Waals surface area contributed by atoms with Crippen molar-refractivity contribution in [3.05, 3.63) is 83.0 Å². The summed E-state index contributed by atoms with van der Waals surface area (Å²) in [7, 11) is 0. The molecule has 178 valence electrons. The second kappa shape index (κ2) is 9.35. The van der Waals surface area contributed by atoms with Crippen molar-refractivity contribution in [2.24, 2.45) is 11.5 Å². The van der Waals surface area contributed by atoms with Crippen LogP contribution in [0.1, 0.15) is 57.7 Å². The first-order valence-corrected chi connectivity index (χ1v) is 11.9. The average molecular weight is 468 g/mol. The molecule has 0 unspecified atom stereocenters. The SMILES string of the molecule is N=C(N)c1ccc2c(C=O)c(C(=O)N[C@H]3CC[C@H](N)CC3)n(Cc3cccc4ccccc34)c2c1. The molecule has 6 N–H and O–H groups in total. The number of carbonyl (C=O) groups is 2. The second-order valence-corrected chi connectivity index (χ2v) is 9.34. The zero-order chi connectivity index (χ0) is 24.5. The van der Waals surface area contributed by atoms with Gasteiger partial charge >= 0.3 is 0 Å². The third-order valence-corrected chi connectivity index (χ3v) is 7.06. The minimum Gasteiger partial charge on any atom is -0.384 e. The summed E-state index contributed by atoms with van der Waals surface area (Å²) < 4.78 is 1.89. The zero-order valence-electron chi connectivity index (χ0n) is 19.5. The number of hydrogen-bond acceptors (Lipinski definition) is 4. The maximum atomic E-state index is 13.6. The van der Waals surface area contributed by atoms with Crippen LogP contribution in [0.25, 0.3) is 21.7 Å². The maximum Gasteiger partial charge on any atom is 0.268 e. The van der Waals surface area contributed by atoms with Crippen LogP contribution < -0.4 is 16.8 Å². The lowest BCUT2D eigenvalue weighted by Crippen LogP contribution is -2.41. The summed E-state index contributed by atoms with van der Waals surface area (Å²) in [5.41, 5.74) is 14.8. The number of fused-ring (bicyclic) bond motifs is 2. The number of nitrogens with zero attached hydrogens (tertiary/aromatic N) is 1. The van der Waals surface area contributed by atoms with E-state index in [0.717, 1.165) is 48.3 Å². The molecule has 1 aromatic heterocycles. The van der Waals surface area contributed by atoms with Gasteiger partial charge in [0.15, 0.2) is 6.29 Å². The molecule has 1 aliphatic rings. The summed E-state index contributed by atoms with van der Waals surface area (Å²) in [6, 6.07) is 19.7. The molecule has 0 radical (unpaired) electrons. The Morgan fingerprint density at radius 3 is 2.51 bits per heavy atom. The van der Waals surface area contributed by atoms with E-state index in [0.29, 0.717) is 34.3 Å². The van der Waals surface area contributed by atoms with E-state index in [-0.39, 0.29) is 23.8 Å². The molecular formula is C28H29N5O2. The molecule has 0 saturated heterocycles. The zero-order valence-corrected chi connectivity index (χ0v) is 19.5. The van der Waals surface area contributed by atoms with E-state index in [4.69, 9.17) is 16.9 Å².